The lowest BCUT2D eigenvalue weighted by atomic mass is 10.2. The summed E-state index contributed by atoms with van der Waals surface area (Å²) in [6.07, 6.45) is 2.41. The lowest BCUT2D eigenvalue weighted by Gasteiger charge is -2.11. The number of aromatic nitrogens is 2. The van der Waals surface area contributed by atoms with Crippen molar-refractivity contribution >= 4 is 33.3 Å². The highest BCUT2D eigenvalue weighted by Crippen LogP contribution is 2.28. The van der Waals surface area contributed by atoms with Gasteiger partial charge in [0.2, 0.25) is 0 Å². The molecule has 0 atom stereocenters. The van der Waals surface area contributed by atoms with Gasteiger partial charge in [0.1, 0.15) is 11.6 Å². The average Bonchev–Trinajstić information content (AvgIpc) is 3.39. The van der Waals surface area contributed by atoms with Crippen molar-refractivity contribution in [3.63, 3.8) is 0 Å². The van der Waals surface area contributed by atoms with Crippen molar-refractivity contribution in [1.29, 1.82) is 0 Å². The normalized spacial score (nSPS) is 13.5. The van der Waals surface area contributed by atoms with Crippen LogP contribution in [0.4, 0.5) is 17.3 Å². The molecule has 0 spiro atoms. The highest BCUT2D eigenvalue weighted by atomic mass is 79.9. The van der Waals surface area contributed by atoms with E-state index in [1.54, 1.807) is 0 Å². The van der Waals surface area contributed by atoms with Crippen LogP contribution in [-0.4, -0.2) is 16.0 Å². The molecule has 4 nitrogen and oxygen atoms in total. The second-order valence-corrected chi connectivity index (χ2v) is 6.80. The quantitative estimate of drug-likeness (QED) is 0.636. The maximum atomic E-state index is 4.68. The van der Waals surface area contributed by atoms with E-state index in [1.165, 1.54) is 12.8 Å². The summed E-state index contributed by atoms with van der Waals surface area (Å²) in [5, 5.41) is 6.83. The summed E-state index contributed by atoms with van der Waals surface area (Å²) < 4.78 is 1.03. The number of rotatable bonds is 5. The summed E-state index contributed by atoms with van der Waals surface area (Å²) in [5.41, 5.74) is 1.99. The van der Waals surface area contributed by atoms with Crippen molar-refractivity contribution < 1.29 is 0 Å². The van der Waals surface area contributed by atoms with Crippen LogP contribution in [-0.2, 0) is 0 Å². The predicted octanol–water partition coefficient (Wildman–Crippen LogP) is 5.22. The summed E-state index contributed by atoms with van der Waals surface area (Å²) in [5.74, 6) is 2.37. The SMILES string of the molecule is Brc1cccc(Nc2cc(NC3CC3)nc(-c3ccccc3)n2)c1. The van der Waals surface area contributed by atoms with Crippen molar-refractivity contribution in [3.05, 3.63) is 65.1 Å². The molecule has 2 aromatic carbocycles. The molecule has 1 saturated carbocycles. The average molecular weight is 381 g/mol. The van der Waals surface area contributed by atoms with E-state index in [4.69, 9.17) is 0 Å². The van der Waals surface area contributed by atoms with Gasteiger partial charge < -0.3 is 10.6 Å². The van der Waals surface area contributed by atoms with Gasteiger partial charge in [0.05, 0.1) is 0 Å². The molecule has 4 rings (SSSR count). The first-order chi connectivity index (χ1) is 11.8. The molecule has 0 radical (unpaired) electrons. The van der Waals surface area contributed by atoms with Gasteiger partial charge in [0, 0.05) is 27.8 Å². The lowest BCUT2D eigenvalue weighted by molar-refractivity contribution is 1.09. The van der Waals surface area contributed by atoms with Crippen LogP contribution in [0, 0.1) is 0 Å². The van der Waals surface area contributed by atoms with E-state index in [-0.39, 0.29) is 0 Å². The molecule has 3 aromatic rings. The molecule has 0 unspecified atom stereocenters. The van der Waals surface area contributed by atoms with Gasteiger partial charge in [-0.15, -0.1) is 0 Å². The zero-order valence-electron chi connectivity index (χ0n) is 13.0. The molecule has 0 amide bonds. The number of hydrogen-bond donors (Lipinski definition) is 2. The molecule has 1 heterocycles. The molecule has 5 heteroatoms. The third-order valence-corrected chi connectivity index (χ3v) is 4.28. The van der Waals surface area contributed by atoms with Crippen molar-refractivity contribution in [2.45, 2.75) is 18.9 Å². The molecule has 0 bridgehead atoms. The Morgan fingerprint density at radius 1 is 0.875 bits per heavy atom. The fourth-order valence-electron chi connectivity index (χ4n) is 2.45. The number of anilines is 3. The smallest absolute Gasteiger partial charge is 0.163 e. The molecule has 1 fully saturated rings. The summed E-state index contributed by atoms with van der Waals surface area (Å²) in [7, 11) is 0. The van der Waals surface area contributed by atoms with E-state index in [2.05, 4.69) is 36.5 Å². The molecule has 120 valence electrons. The maximum Gasteiger partial charge on any atom is 0.163 e. The second-order valence-electron chi connectivity index (χ2n) is 5.88. The van der Waals surface area contributed by atoms with Crippen LogP contribution in [0.3, 0.4) is 0 Å². The van der Waals surface area contributed by atoms with Gasteiger partial charge in [-0.25, -0.2) is 9.97 Å². The first-order valence-electron chi connectivity index (χ1n) is 8.00. The van der Waals surface area contributed by atoms with Gasteiger partial charge in [-0.2, -0.15) is 0 Å². The Morgan fingerprint density at radius 3 is 2.42 bits per heavy atom. The van der Waals surface area contributed by atoms with Crippen LogP contribution in [0.5, 0.6) is 0 Å². The Labute approximate surface area is 149 Å². The number of halogens is 1. The molecule has 1 aromatic heterocycles. The third kappa shape index (κ3) is 3.74. The monoisotopic (exact) mass is 380 g/mol. The minimum atomic E-state index is 0.544. The number of nitrogens with one attached hydrogen (secondary N) is 2. The summed E-state index contributed by atoms with van der Waals surface area (Å²) in [6, 6.07) is 20.6. The largest absolute Gasteiger partial charge is 0.367 e. The van der Waals surface area contributed by atoms with Crippen LogP contribution >= 0.6 is 15.9 Å². The molecule has 1 aliphatic carbocycles. The third-order valence-electron chi connectivity index (χ3n) is 3.78. The standard InChI is InChI=1S/C19H17BrN4/c20-14-7-4-8-16(11-14)22-18-12-17(21-15-9-10-15)23-19(24-18)13-5-2-1-3-6-13/h1-8,11-12,15H,9-10H2,(H2,21,22,23,24). The Kier molecular flexibility index (Phi) is 4.17. The first-order valence-corrected chi connectivity index (χ1v) is 8.79. The van der Waals surface area contributed by atoms with E-state index in [1.807, 2.05) is 60.7 Å². The first kappa shape index (κ1) is 15.1. The highest BCUT2D eigenvalue weighted by molar-refractivity contribution is 9.10. The number of nitrogens with zero attached hydrogens (tertiary/aromatic N) is 2. The van der Waals surface area contributed by atoms with E-state index in [9.17, 15) is 0 Å². The number of benzene rings is 2. The van der Waals surface area contributed by atoms with Gasteiger partial charge in [-0.3, -0.25) is 0 Å². The van der Waals surface area contributed by atoms with Gasteiger partial charge >= 0.3 is 0 Å². The summed E-state index contributed by atoms with van der Waals surface area (Å²) in [6.45, 7) is 0. The van der Waals surface area contributed by atoms with Gasteiger partial charge in [-0.05, 0) is 31.0 Å². The van der Waals surface area contributed by atoms with Gasteiger partial charge in [0.25, 0.3) is 0 Å². The zero-order chi connectivity index (χ0) is 16.4. The summed E-state index contributed by atoms with van der Waals surface area (Å²) in [4.78, 5) is 9.35. The van der Waals surface area contributed by atoms with Crippen LogP contribution in [0.15, 0.2) is 65.1 Å². The van der Waals surface area contributed by atoms with E-state index in [0.717, 1.165) is 33.2 Å². The second kappa shape index (κ2) is 6.61. The van der Waals surface area contributed by atoms with Crippen molar-refractivity contribution in [1.82, 2.24) is 9.97 Å². The maximum absolute atomic E-state index is 4.68. The minimum Gasteiger partial charge on any atom is -0.367 e. The minimum absolute atomic E-state index is 0.544. The molecule has 1 aliphatic rings. The molecule has 0 aliphatic heterocycles. The van der Waals surface area contributed by atoms with Crippen molar-refractivity contribution in [2.75, 3.05) is 10.6 Å². The Bertz CT molecular complexity index is 847. The number of hydrogen-bond acceptors (Lipinski definition) is 4. The van der Waals surface area contributed by atoms with Crippen molar-refractivity contribution in [3.8, 4) is 11.4 Å². The predicted molar refractivity (Wildman–Crippen MR) is 102 cm³/mol. The van der Waals surface area contributed by atoms with Gasteiger partial charge in [-0.1, -0.05) is 52.3 Å². The highest BCUT2D eigenvalue weighted by Gasteiger charge is 2.22. The van der Waals surface area contributed by atoms with E-state index < -0.39 is 0 Å². The molecule has 24 heavy (non-hydrogen) atoms. The Balaban J connectivity index is 1.69. The Hall–Kier alpha value is -2.40. The topological polar surface area (TPSA) is 49.8 Å². The molecule has 0 saturated heterocycles. The molecular formula is C19H17BrN4. The Morgan fingerprint density at radius 2 is 1.67 bits per heavy atom. The van der Waals surface area contributed by atoms with Gasteiger partial charge in [0.15, 0.2) is 5.82 Å². The van der Waals surface area contributed by atoms with Crippen LogP contribution in [0.25, 0.3) is 11.4 Å². The summed E-state index contributed by atoms with van der Waals surface area (Å²) >= 11 is 3.50. The molecular weight excluding hydrogens is 364 g/mol. The van der Waals surface area contributed by atoms with E-state index in [0.29, 0.717) is 6.04 Å². The van der Waals surface area contributed by atoms with Crippen LogP contribution in [0.2, 0.25) is 0 Å². The zero-order valence-corrected chi connectivity index (χ0v) is 14.6. The van der Waals surface area contributed by atoms with Crippen LogP contribution < -0.4 is 10.6 Å². The van der Waals surface area contributed by atoms with Crippen LogP contribution in [0.1, 0.15) is 12.8 Å². The molecule has 2 N–H and O–H groups in total. The van der Waals surface area contributed by atoms with Crippen molar-refractivity contribution in [2.24, 2.45) is 0 Å². The lowest BCUT2D eigenvalue weighted by Crippen LogP contribution is -2.06. The van der Waals surface area contributed by atoms with E-state index >= 15 is 0 Å². The fraction of sp³-hybridized carbons (Fsp3) is 0.158. The fourth-order valence-corrected chi connectivity index (χ4v) is 2.85.